The zero-order chi connectivity index (χ0) is 24.7. The molecule has 1 aliphatic rings. The van der Waals surface area contributed by atoms with Crippen molar-refractivity contribution in [3.05, 3.63) is 58.1 Å². The van der Waals surface area contributed by atoms with Gasteiger partial charge in [-0.15, -0.1) is 0 Å². The fourth-order valence-corrected chi connectivity index (χ4v) is 3.51. The third-order valence-electron chi connectivity index (χ3n) is 5.13. The summed E-state index contributed by atoms with van der Waals surface area (Å²) in [5.41, 5.74) is 1.34. The Hall–Kier alpha value is -3.54. The molecule has 1 atom stereocenters. The number of nitriles is 1. The summed E-state index contributed by atoms with van der Waals surface area (Å²) in [6.45, 7) is 5.16. The second-order valence-corrected chi connectivity index (χ2v) is 8.01. The predicted molar refractivity (Wildman–Crippen MR) is 126 cm³/mol. The van der Waals surface area contributed by atoms with Gasteiger partial charge in [0.1, 0.15) is 17.4 Å². The number of hydrogen-bond donors (Lipinski definition) is 0. The van der Waals surface area contributed by atoms with Crippen LogP contribution in [-0.2, 0) is 14.3 Å². The van der Waals surface area contributed by atoms with Crippen LogP contribution in [-0.4, -0.2) is 56.3 Å². The Morgan fingerprint density at radius 2 is 1.85 bits per heavy atom. The van der Waals surface area contributed by atoms with Crippen molar-refractivity contribution in [1.29, 1.82) is 5.26 Å². The molecule has 1 heterocycles. The molecule has 3 rings (SSSR count). The second kappa shape index (κ2) is 11.5. The Kier molecular flexibility index (Phi) is 8.52. The monoisotopic (exact) mass is 484 g/mol. The lowest BCUT2D eigenvalue weighted by Gasteiger charge is -2.26. The summed E-state index contributed by atoms with van der Waals surface area (Å²) in [5.74, 6) is 0.00850. The van der Waals surface area contributed by atoms with Gasteiger partial charge in [-0.1, -0.05) is 17.7 Å². The smallest absolute Gasteiger partial charge is 0.352 e. The van der Waals surface area contributed by atoms with E-state index >= 15 is 0 Å². The predicted octanol–water partition coefficient (Wildman–Crippen LogP) is 3.80. The molecule has 1 unspecified atom stereocenters. The molecular weight excluding hydrogens is 460 g/mol. The first-order valence-corrected chi connectivity index (χ1v) is 11.0. The van der Waals surface area contributed by atoms with Crippen LogP contribution in [0, 0.1) is 18.3 Å². The normalized spacial score (nSPS) is 14.7. The van der Waals surface area contributed by atoms with Crippen molar-refractivity contribution in [2.24, 2.45) is 0 Å². The minimum Gasteiger partial charge on any atom is -0.493 e. The fraction of sp³-hybridized carbons (Fsp3) is 0.320. The maximum Gasteiger partial charge on any atom is 0.352 e. The molecular formula is C25H25ClN2O6. The number of carbonyl (C=O) groups is 2. The highest BCUT2D eigenvalue weighted by Gasteiger charge is 2.22. The van der Waals surface area contributed by atoms with E-state index in [0.717, 1.165) is 5.56 Å². The van der Waals surface area contributed by atoms with Crippen LogP contribution in [0.3, 0.4) is 0 Å². The van der Waals surface area contributed by atoms with E-state index in [1.165, 1.54) is 19.3 Å². The molecule has 1 aliphatic heterocycles. The maximum atomic E-state index is 12.6. The van der Waals surface area contributed by atoms with Gasteiger partial charge in [0.15, 0.2) is 17.6 Å². The van der Waals surface area contributed by atoms with E-state index in [2.05, 4.69) is 0 Å². The first kappa shape index (κ1) is 25.1. The number of halogens is 1. The Morgan fingerprint density at radius 3 is 2.50 bits per heavy atom. The van der Waals surface area contributed by atoms with Crippen molar-refractivity contribution in [3.8, 4) is 23.3 Å². The first-order chi connectivity index (χ1) is 16.3. The SMILES string of the molecule is COc1cc(/C=C(\C#N)C(=O)N2CCOCC2)ccc1OC(=O)C(C)Oc1ccc(Cl)cc1C. The highest BCUT2D eigenvalue weighted by molar-refractivity contribution is 6.30. The van der Waals surface area contributed by atoms with Crippen molar-refractivity contribution in [2.45, 2.75) is 20.0 Å². The van der Waals surface area contributed by atoms with Gasteiger partial charge in [-0.05, 0) is 61.4 Å². The standard InChI is InChI=1S/C25H25ClN2O6/c1-16-12-20(26)5-7-21(16)33-17(2)25(30)34-22-6-4-18(14-23(22)31-3)13-19(15-27)24(29)28-8-10-32-11-9-28/h4-7,12-14,17H,8-11H2,1-3H3/b19-13+. The summed E-state index contributed by atoms with van der Waals surface area (Å²) in [6, 6.07) is 11.8. The number of hydrogen-bond acceptors (Lipinski definition) is 7. The van der Waals surface area contributed by atoms with Gasteiger partial charge >= 0.3 is 5.97 Å². The number of benzene rings is 2. The summed E-state index contributed by atoms with van der Waals surface area (Å²) in [5, 5.41) is 10.1. The van der Waals surface area contributed by atoms with Crippen LogP contribution in [0.1, 0.15) is 18.1 Å². The number of ether oxygens (including phenoxy) is 4. The van der Waals surface area contributed by atoms with Crippen molar-refractivity contribution in [2.75, 3.05) is 33.4 Å². The van der Waals surface area contributed by atoms with Crippen LogP contribution >= 0.6 is 11.6 Å². The third kappa shape index (κ3) is 6.28. The lowest BCUT2D eigenvalue weighted by molar-refractivity contribution is -0.141. The number of amides is 1. The average molecular weight is 485 g/mol. The largest absolute Gasteiger partial charge is 0.493 e. The molecule has 2 aromatic rings. The zero-order valence-electron chi connectivity index (χ0n) is 19.2. The molecule has 178 valence electrons. The van der Waals surface area contributed by atoms with Gasteiger partial charge in [0, 0.05) is 18.1 Å². The maximum absolute atomic E-state index is 12.6. The van der Waals surface area contributed by atoms with Crippen LogP contribution in [0.2, 0.25) is 5.02 Å². The molecule has 0 spiro atoms. The molecule has 0 saturated carbocycles. The van der Waals surface area contributed by atoms with Crippen molar-refractivity contribution in [1.82, 2.24) is 4.90 Å². The van der Waals surface area contributed by atoms with Crippen molar-refractivity contribution < 1.29 is 28.5 Å². The number of rotatable bonds is 7. The molecule has 8 nitrogen and oxygen atoms in total. The first-order valence-electron chi connectivity index (χ1n) is 10.6. The summed E-state index contributed by atoms with van der Waals surface area (Å²) >= 11 is 5.96. The number of morpholine rings is 1. The van der Waals surface area contributed by atoms with Gasteiger partial charge in [0.05, 0.1) is 20.3 Å². The van der Waals surface area contributed by atoms with E-state index in [0.29, 0.717) is 42.6 Å². The molecule has 0 radical (unpaired) electrons. The lowest BCUT2D eigenvalue weighted by Crippen LogP contribution is -2.41. The zero-order valence-corrected chi connectivity index (χ0v) is 19.9. The highest BCUT2D eigenvalue weighted by Crippen LogP contribution is 2.30. The average Bonchev–Trinajstić information content (AvgIpc) is 2.84. The Bertz CT molecular complexity index is 1130. The van der Waals surface area contributed by atoms with Crippen molar-refractivity contribution >= 4 is 29.6 Å². The Labute approximate surface area is 203 Å². The van der Waals surface area contributed by atoms with Gasteiger partial charge in [-0.2, -0.15) is 5.26 Å². The van der Waals surface area contributed by atoms with Gasteiger partial charge in [0.25, 0.3) is 5.91 Å². The minimum atomic E-state index is -0.888. The lowest BCUT2D eigenvalue weighted by atomic mass is 10.1. The molecule has 9 heteroatoms. The Morgan fingerprint density at radius 1 is 1.15 bits per heavy atom. The van der Waals surface area contributed by atoms with Gasteiger partial charge in [0.2, 0.25) is 0 Å². The summed E-state index contributed by atoms with van der Waals surface area (Å²) < 4.78 is 21.8. The minimum absolute atomic E-state index is 0.00551. The van der Waals surface area contributed by atoms with E-state index in [9.17, 15) is 14.9 Å². The highest BCUT2D eigenvalue weighted by atomic mass is 35.5. The van der Waals surface area contributed by atoms with E-state index in [4.69, 9.17) is 30.5 Å². The number of methoxy groups -OCH3 is 1. The molecule has 1 saturated heterocycles. The van der Waals surface area contributed by atoms with E-state index < -0.39 is 12.1 Å². The quantitative estimate of drug-likeness (QED) is 0.255. The summed E-state index contributed by atoms with van der Waals surface area (Å²) in [4.78, 5) is 26.8. The number of nitrogens with zero attached hydrogens (tertiary/aromatic N) is 2. The Balaban J connectivity index is 1.72. The molecule has 2 aromatic carbocycles. The van der Waals surface area contributed by atoms with Crippen LogP contribution in [0.15, 0.2) is 42.0 Å². The van der Waals surface area contributed by atoms with Crippen LogP contribution in [0.5, 0.6) is 17.2 Å². The van der Waals surface area contributed by atoms with Crippen LogP contribution in [0.25, 0.3) is 6.08 Å². The van der Waals surface area contributed by atoms with Gasteiger partial charge in [-0.3, -0.25) is 4.79 Å². The fourth-order valence-electron chi connectivity index (χ4n) is 3.28. The molecule has 0 aliphatic carbocycles. The number of carbonyl (C=O) groups excluding carboxylic acids is 2. The van der Waals surface area contributed by atoms with Crippen LogP contribution in [0.4, 0.5) is 0 Å². The second-order valence-electron chi connectivity index (χ2n) is 7.58. The molecule has 1 amide bonds. The van der Waals surface area contributed by atoms with E-state index in [1.54, 1.807) is 42.2 Å². The molecule has 0 N–H and O–H groups in total. The number of esters is 1. The summed E-state index contributed by atoms with van der Waals surface area (Å²) in [7, 11) is 1.43. The number of aryl methyl sites for hydroxylation is 1. The topological polar surface area (TPSA) is 98.1 Å². The third-order valence-corrected chi connectivity index (χ3v) is 5.37. The van der Waals surface area contributed by atoms with E-state index in [-0.39, 0.29) is 23.0 Å². The van der Waals surface area contributed by atoms with Crippen LogP contribution < -0.4 is 14.2 Å². The molecule has 34 heavy (non-hydrogen) atoms. The molecule has 0 bridgehead atoms. The van der Waals surface area contributed by atoms with Crippen molar-refractivity contribution in [3.63, 3.8) is 0 Å². The summed E-state index contributed by atoms with van der Waals surface area (Å²) in [6.07, 6.45) is 0.585. The van der Waals surface area contributed by atoms with Gasteiger partial charge < -0.3 is 23.8 Å². The van der Waals surface area contributed by atoms with Gasteiger partial charge in [-0.25, -0.2) is 4.79 Å². The molecule has 0 aromatic heterocycles. The van der Waals surface area contributed by atoms with E-state index in [1.807, 2.05) is 13.0 Å². The molecule has 1 fully saturated rings.